The van der Waals surface area contributed by atoms with Crippen molar-refractivity contribution < 1.29 is 4.79 Å². The van der Waals surface area contributed by atoms with Gasteiger partial charge in [0.25, 0.3) is 11.5 Å². The number of nitrogens with one attached hydrogen (secondary N) is 1. The first kappa shape index (κ1) is 22.4. The van der Waals surface area contributed by atoms with Crippen molar-refractivity contribution in [1.82, 2.24) is 14.9 Å². The number of rotatable bonds is 7. The van der Waals surface area contributed by atoms with E-state index in [2.05, 4.69) is 19.2 Å². The summed E-state index contributed by atoms with van der Waals surface area (Å²) in [4.78, 5) is 30.3. The van der Waals surface area contributed by atoms with Gasteiger partial charge in [0.15, 0.2) is 5.16 Å². The van der Waals surface area contributed by atoms with Gasteiger partial charge in [-0.25, -0.2) is 4.98 Å². The Bertz CT molecular complexity index is 1110. The minimum Gasteiger partial charge on any atom is -0.350 e. The Labute approximate surface area is 185 Å². The number of halogens is 1. The molecule has 0 aliphatic carbocycles. The molecule has 0 unspecified atom stereocenters. The Morgan fingerprint density at radius 2 is 1.83 bits per heavy atom. The Balaban J connectivity index is 2.01. The second kappa shape index (κ2) is 9.67. The molecule has 7 heteroatoms. The van der Waals surface area contributed by atoms with Crippen LogP contribution < -0.4 is 10.9 Å². The molecular weight excluding hydrogens is 418 g/mol. The van der Waals surface area contributed by atoms with Crippen LogP contribution in [-0.4, -0.2) is 21.5 Å². The van der Waals surface area contributed by atoms with Crippen LogP contribution in [0.4, 0.5) is 0 Å². The van der Waals surface area contributed by atoms with E-state index < -0.39 is 0 Å². The minimum atomic E-state index is -0.171. The summed E-state index contributed by atoms with van der Waals surface area (Å²) < 4.78 is 1.74. The number of aromatic nitrogens is 2. The summed E-state index contributed by atoms with van der Waals surface area (Å²) in [7, 11) is 0. The van der Waals surface area contributed by atoms with Crippen molar-refractivity contribution >= 4 is 40.2 Å². The molecule has 3 aromatic rings. The summed E-state index contributed by atoms with van der Waals surface area (Å²) in [5, 5.41) is 4.74. The summed E-state index contributed by atoms with van der Waals surface area (Å²) in [6, 6.07) is 12.8. The molecule has 1 heterocycles. The van der Waals surface area contributed by atoms with E-state index in [1.165, 1.54) is 11.8 Å². The Hall–Kier alpha value is -2.31. The predicted molar refractivity (Wildman–Crippen MR) is 124 cm³/mol. The maximum Gasteiger partial charge on any atom is 0.262 e. The van der Waals surface area contributed by atoms with Crippen LogP contribution in [0.5, 0.6) is 0 Å². The first-order valence-corrected chi connectivity index (χ1v) is 11.3. The topological polar surface area (TPSA) is 64.0 Å². The third-order valence-electron chi connectivity index (χ3n) is 4.43. The van der Waals surface area contributed by atoms with E-state index in [9.17, 15) is 9.59 Å². The molecule has 2 aromatic carbocycles. The fourth-order valence-corrected chi connectivity index (χ4v) is 4.14. The minimum absolute atomic E-state index is 0.0330. The van der Waals surface area contributed by atoms with Crippen molar-refractivity contribution in [3.05, 3.63) is 69.0 Å². The van der Waals surface area contributed by atoms with Gasteiger partial charge >= 0.3 is 0 Å². The van der Waals surface area contributed by atoms with Gasteiger partial charge in [-0.15, -0.1) is 0 Å². The number of thioether (sulfide) groups is 1. The van der Waals surface area contributed by atoms with Gasteiger partial charge in [-0.05, 0) is 55.7 Å². The van der Waals surface area contributed by atoms with E-state index in [1.54, 1.807) is 22.8 Å². The van der Waals surface area contributed by atoms with Crippen LogP contribution in [0.25, 0.3) is 10.9 Å². The van der Waals surface area contributed by atoms with Gasteiger partial charge in [-0.1, -0.05) is 49.3 Å². The lowest BCUT2D eigenvalue weighted by Gasteiger charge is -2.15. The first-order chi connectivity index (χ1) is 14.2. The normalized spacial score (nSPS) is 11.4. The number of fused-ring (bicyclic) bond motifs is 1. The molecule has 0 bridgehead atoms. The maximum absolute atomic E-state index is 13.2. The van der Waals surface area contributed by atoms with Crippen molar-refractivity contribution in [2.45, 2.75) is 51.2 Å². The van der Waals surface area contributed by atoms with Crippen LogP contribution in [0.15, 0.2) is 52.4 Å². The molecule has 0 radical (unpaired) electrons. The molecule has 0 saturated heterocycles. The predicted octanol–water partition coefficient (Wildman–Crippen LogP) is 5.14. The molecule has 1 amide bonds. The molecule has 30 heavy (non-hydrogen) atoms. The number of hydrogen-bond acceptors (Lipinski definition) is 4. The monoisotopic (exact) mass is 443 g/mol. The van der Waals surface area contributed by atoms with Gasteiger partial charge in [0.1, 0.15) is 0 Å². The van der Waals surface area contributed by atoms with E-state index >= 15 is 0 Å². The molecule has 1 aromatic heterocycles. The van der Waals surface area contributed by atoms with Crippen LogP contribution in [-0.2, 0) is 12.3 Å². The molecule has 1 N–H and O–H groups in total. The smallest absolute Gasteiger partial charge is 0.262 e. The highest BCUT2D eigenvalue weighted by Crippen LogP contribution is 2.24. The molecule has 5 nitrogen and oxygen atoms in total. The van der Waals surface area contributed by atoms with Gasteiger partial charge in [0, 0.05) is 28.9 Å². The first-order valence-electron chi connectivity index (χ1n) is 9.97. The number of carbonyl (C=O) groups is 1. The third kappa shape index (κ3) is 5.43. The molecule has 158 valence electrons. The number of carbonyl (C=O) groups excluding carboxylic acids is 1. The van der Waals surface area contributed by atoms with Crippen LogP contribution in [0.3, 0.4) is 0 Å². The van der Waals surface area contributed by atoms with Gasteiger partial charge in [0.2, 0.25) is 0 Å². The second-order valence-electron chi connectivity index (χ2n) is 7.98. The van der Waals surface area contributed by atoms with Crippen LogP contribution >= 0.6 is 23.4 Å². The van der Waals surface area contributed by atoms with Crippen molar-refractivity contribution in [2.75, 3.05) is 0 Å². The van der Waals surface area contributed by atoms with Gasteiger partial charge in [-0.3, -0.25) is 14.2 Å². The van der Waals surface area contributed by atoms with Gasteiger partial charge < -0.3 is 5.32 Å². The fraction of sp³-hybridized carbons (Fsp3) is 0.348. The Morgan fingerprint density at radius 1 is 1.13 bits per heavy atom. The molecule has 0 atom stereocenters. The zero-order valence-corrected chi connectivity index (χ0v) is 19.2. The SMILES string of the molecule is CC(C)Cn1c(SCc2ccc(Cl)cc2)nc2cc(C(=O)NC(C)C)ccc2c1=O. The summed E-state index contributed by atoms with van der Waals surface area (Å²) in [6.45, 7) is 8.55. The molecule has 0 aliphatic heterocycles. The molecule has 0 aliphatic rings. The van der Waals surface area contributed by atoms with Gasteiger partial charge in [0.05, 0.1) is 10.9 Å². The molecule has 0 spiro atoms. The fourth-order valence-electron chi connectivity index (χ4n) is 3.05. The Kier molecular flexibility index (Phi) is 7.21. The number of nitrogens with zero attached hydrogens (tertiary/aromatic N) is 2. The second-order valence-corrected chi connectivity index (χ2v) is 9.36. The molecule has 3 rings (SSSR count). The van der Waals surface area contributed by atoms with E-state index in [4.69, 9.17) is 16.6 Å². The van der Waals surface area contributed by atoms with Crippen molar-refractivity contribution in [1.29, 1.82) is 0 Å². The zero-order chi connectivity index (χ0) is 21.8. The number of benzene rings is 2. The zero-order valence-electron chi connectivity index (χ0n) is 17.6. The lowest BCUT2D eigenvalue weighted by Crippen LogP contribution is -2.30. The summed E-state index contributed by atoms with van der Waals surface area (Å²) >= 11 is 7.48. The summed E-state index contributed by atoms with van der Waals surface area (Å²) in [5.74, 6) is 0.796. The van der Waals surface area contributed by atoms with Crippen LogP contribution in [0.1, 0.15) is 43.6 Å². The van der Waals surface area contributed by atoms with Crippen molar-refractivity contribution in [2.24, 2.45) is 5.92 Å². The number of hydrogen-bond donors (Lipinski definition) is 1. The quantitative estimate of drug-likeness (QED) is 0.405. The highest BCUT2D eigenvalue weighted by molar-refractivity contribution is 7.98. The summed E-state index contributed by atoms with van der Waals surface area (Å²) in [6.07, 6.45) is 0. The van der Waals surface area contributed by atoms with Crippen LogP contribution in [0.2, 0.25) is 5.02 Å². The summed E-state index contributed by atoms with van der Waals surface area (Å²) in [5.41, 5.74) is 2.05. The average molecular weight is 444 g/mol. The molecule has 0 saturated carbocycles. The van der Waals surface area contributed by atoms with Gasteiger partial charge in [-0.2, -0.15) is 0 Å². The third-order valence-corrected chi connectivity index (χ3v) is 5.73. The number of amides is 1. The van der Waals surface area contributed by atoms with Crippen molar-refractivity contribution in [3.8, 4) is 0 Å². The van der Waals surface area contributed by atoms with E-state index in [0.717, 1.165) is 5.56 Å². The standard InChI is InChI=1S/C23H26ClN3O2S/c1-14(2)12-27-22(29)19-10-7-17(21(28)25-15(3)4)11-20(19)26-23(27)30-13-16-5-8-18(24)9-6-16/h5-11,14-15H,12-13H2,1-4H3,(H,25,28). The maximum atomic E-state index is 13.2. The largest absolute Gasteiger partial charge is 0.350 e. The van der Waals surface area contributed by atoms with Crippen LogP contribution in [0, 0.1) is 5.92 Å². The van der Waals surface area contributed by atoms with E-state index in [0.29, 0.717) is 44.9 Å². The lowest BCUT2D eigenvalue weighted by atomic mass is 10.1. The van der Waals surface area contributed by atoms with Crippen molar-refractivity contribution in [3.63, 3.8) is 0 Å². The van der Waals surface area contributed by atoms with E-state index in [-0.39, 0.29) is 17.5 Å². The Morgan fingerprint density at radius 3 is 2.47 bits per heavy atom. The van der Waals surface area contributed by atoms with E-state index in [1.807, 2.05) is 38.1 Å². The highest BCUT2D eigenvalue weighted by Gasteiger charge is 2.15. The molecular formula is C23H26ClN3O2S. The highest BCUT2D eigenvalue weighted by atomic mass is 35.5. The lowest BCUT2D eigenvalue weighted by molar-refractivity contribution is 0.0943. The molecule has 0 fully saturated rings. The average Bonchev–Trinajstić information content (AvgIpc) is 2.69.